The first-order valence-corrected chi connectivity index (χ1v) is 12.8. The minimum atomic E-state index is -0.510. The third-order valence-electron chi connectivity index (χ3n) is 7.82. The normalized spacial score (nSPS) is 24.0. The van der Waals surface area contributed by atoms with Crippen molar-refractivity contribution in [2.75, 3.05) is 13.6 Å². The van der Waals surface area contributed by atoms with Crippen LogP contribution in [0.1, 0.15) is 92.7 Å². The molecule has 2 aliphatic rings. The maximum absolute atomic E-state index is 13.0. The molecule has 0 saturated carbocycles. The van der Waals surface area contributed by atoms with E-state index in [9.17, 15) is 4.79 Å². The molecule has 2 aliphatic heterocycles. The molecule has 1 amide bonds. The van der Waals surface area contributed by atoms with E-state index in [1.165, 1.54) is 0 Å². The zero-order valence-corrected chi connectivity index (χ0v) is 22.6. The fraction of sp³-hybridized carbons (Fsp3) is 0.679. The van der Waals surface area contributed by atoms with Gasteiger partial charge in [-0.15, -0.1) is 4.58 Å². The summed E-state index contributed by atoms with van der Waals surface area (Å²) in [6.45, 7) is 18.0. The molecule has 34 heavy (non-hydrogen) atoms. The lowest BCUT2D eigenvalue weighted by molar-refractivity contribution is -0.463. The maximum Gasteiger partial charge on any atom is 0.597 e. The van der Waals surface area contributed by atoms with Gasteiger partial charge >= 0.3 is 6.09 Å². The predicted octanol–water partition coefficient (Wildman–Crippen LogP) is 6.03. The Morgan fingerprint density at radius 2 is 1.79 bits per heavy atom. The van der Waals surface area contributed by atoms with E-state index in [0.717, 1.165) is 47.9 Å². The van der Waals surface area contributed by atoms with Gasteiger partial charge in [-0.05, 0) is 93.0 Å². The number of benzene rings is 1. The lowest BCUT2D eigenvalue weighted by Gasteiger charge is -2.53. The second-order valence-corrected chi connectivity index (χ2v) is 12.8. The molecule has 0 radical (unpaired) electrons. The summed E-state index contributed by atoms with van der Waals surface area (Å²) in [6.07, 6.45) is 6.03. The Morgan fingerprint density at radius 3 is 2.41 bits per heavy atom. The van der Waals surface area contributed by atoms with Gasteiger partial charge in [0.25, 0.3) is 0 Å². The molecule has 1 aromatic heterocycles. The topological polar surface area (TPSA) is 50.4 Å². The van der Waals surface area contributed by atoms with E-state index in [2.05, 4.69) is 75.6 Å². The fourth-order valence-corrected chi connectivity index (χ4v) is 5.75. The third-order valence-corrected chi connectivity index (χ3v) is 7.82. The SMILES string of the molecule is C[C@H]1CCC(c2ccc3nn(C4CC(C)(C)N(C)C(C)(C)C4)cc3c2)=[N+](C(=O)OC(C)(C)C)C1. The first-order chi connectivity index (χ1) is 15.7. The number of fused-ring (bicyclic) bond motifs is 1. The van der Waals surface area contributed by atoms with Gasteiger partial charge < -0.3 is 4.74 Å². The lowest BCUT2D eigenvalue weighted by Crippen LogP contribution is -2.58. The molecule has 0 spiro atoms. The molecule has 0 bridgehead atoms. The second-order valence-electron chi connectivity index (χ2n) is 12.8. The minimum Gasteiger partial charge on any atom is -0.406 e. The highest BCUT2D eigenvalue weighted by Gasteiger charge is 2.44. The van der Waals surface area contributed by atoms with Gasteiger partial charge in [0.05, 0.1) is 11.6 Å². The smallest absolute Gasteiger partial charge is 0.406 e. The molecule has 1 atom stereocenters. The highest BCUT2D eigenvalue weighted by molar-refractivity contribution is 6.01. The van der Waals surface area contributed by atoms with Crippen molar-refractivity contribution in [1.29, 1.82) is 0 Å². The summed E-state index contributed by atoms with van der Waals surface area (Å²) < 4.78 is 9.78. The minimum absolute atomic E-state index is 0.109. The van der Waals surface area contributed by atoms with Gasteiger partial charge in [0.1, 0.15) is 5.60 Å². The molecule has 2 aromatic rings. The van der Waals surface area contributed by atoms with Crippen LogP contribution in [-0.4, -0.2) is 61.3 Å². The van der Waals surface area contributed by atoms with E-state index in [1.54, 1.807) is 0 Å². The standard InChI is InChI=1S/C28H43N4O2/c1-19-10-13-24(31(17-19)25(33)34-26(2,3)4)20-11-12-23-21(14-20)18-32(29-23)22-15-27(5,6)30(9)28(7,8)16-22/h11-12,14,18-19,22H,10,13,15-17H2,1-9H3/q+1/t19-/m0/s1. The lowest BCUT2D eigenvalue weighted by atomic mass is 9.77. The number of ether oxygens (including phenoxy) is 1. The number of rotatable bonds is 2. The Morgan fingerprint density at radius 1 is 1.15 bits per heavy atom. The summed E-state index contributed by atoms with van der Waals surface area (Å²) in [5.41, 5.74) is 2.87. The summed E-state index contributed by atoms with van der Waals surface area (Å²) in [5.74, 6) is 0.457. The van der Waals surface area contributed by atoms with Crippen molar-refractivity contribution in [2.24, 2.45) is 5.92 Å². The van der Waals surface area contributed by atoms with Gasteiger partial charge in [0.2, 0.25) is 0 Å². The van der Waals surface area contributed by atoms with Crippen LogP contribution >= 0.6 is 0 Å². The van der Waals surface area contributed by atoms with Crippen LogP contribution < -0.4 is 0 Å². The number of carbonyl (C=O) groups excluding carboxylic acids is 1. The Balaban J connectivity index is 1.69. The molecule has 0 N–H and O–H groups in total. The van der Waals surface area contributed by atoms with Crippen molar-refractivity contribution in [3.05, 3.63) is 30.0 Å². The van der Waals surface area contributed by atoms with Crippen molar-refractivity contribution in [2.45, 2.75) is 104 Å². The highest BCUT2D eigenvalue weighted by atomic mass is 16.6. The Kier molecular flexibility index (Phi) is 6.20. The maximum atomic E-state index is 13.0. The molecule has 1 saturated heterocycles. The van der Waals surface area contributed by atoms with Gasteiger partial charge in [-0.2, -0.15) is 9.89 Å². The Labute approximate surface area is 205 Å². The van der Waals surface area contributed by atoms with Gasteiger partial charge in [-0.25, -0.2) is 0 Å². The van der Waals surface area contributed by atoms with Crippen molar-refractivity contribution < 1.29 is 14.1 Å². The first kappa shape index (κ1) is 24.9. The summed E-state index contributed by atoms with van der Waals surface area (Å²) >= 11 is 0. The fourth-order valence-electron chi connectivity index (χ4n) is 5.75. The molecule has 0 unspecified atom stereocenters. The number of amides is 1. The van der Waals surface area contributed by atoms with Crippen molar-refractivity contribution >= 4 is 22.7 Å². The molecular formula is C28H43N4O2+. The van der Waals surface area contributed by atoms with Crippen molar-refractivity contribution in [3.63, 3.8) is 0 Å². The molecule has 3 heterocycles. The summed E-state index contributed by atoms with van der Waals surface area (Å²) in [4.78, 5) is 15.5. The molecule has 1 aromatic carbocycles. The number of nitrogens with zero attached hydrogens (tertiary/aromatic N) is 4. The summed E-state index contributed by atoms with van der Waals surface area (Å²) in [7, 11) is 2.24. The third kappa shape index (κ3) is 4.93. The zero-order valence-electron chi connectivity index (χ0n) is 22.6. The highest BCUT2D eigenvalue weighted by Crippen LogP contribution is 2.42. The number of hydrogen-bond acceptors (Lipinski definition) is 4. The Hall–Kier alpha value is -2.21. The molecule has 0 aliphatic carbocycles. The first-order valence-electron chi connectivity index (χ1n) is 12.8. The van der Waals surface area contributed by atoms with Crippen LogP contribution in [0.3, 0.4) is 0 Å². The quantitative estimate of drug-likeness (QED) is 0.506. The average Bonchev–Trinajstić information content (AvgIpc) is 3.13. The number of piperidine rings is 1. The molecule has 1 fully saturated rings. The van der Waals surface area contributed by atoms with E-state index in [1.807, 2.05) is 25.3 Å². The van der Waals surface area contributed by atoms with Crippen LogP contribution in [-0.2, 0) is 4.74 Å². The van der Waals surface area contributed by atoms with Gasteiger partial charge in [-0.3, -0.25) is 9.58 Å². The monoisotopic (exact) mass is 467 g/mol. The largest absolute Gasteiger partial charge is 0.597 e. The average molecular weight is 468 g/mol. The van der Waals surface area contributed by atoms with Crippen molar-refractivity contribution in [3.8, 4) is 0 Å². The van der Waals surface area contributed by atoms with Crippen LogP contribution in [0.4, 0.5) is 4.79 Å². The van der Waals surface area contributed by atoms with Gasteiger partial charge in [-0.1, -0.05) is 6.92 Å². The van der Waals surface area contributed by atoms with Crippen molar-refractivity contribution in [1.82, 2.24) is 14.7 Å². The summed E-state index contributed by atoms with van der Waals surface area (Å²) in [5, 5.41) is 6.10. The van der Waals surface area contributed by atoms with Gasteiger partial charge in [0.15, 0.2) is 12.3 Å². The molecule has 4 rings (SSSR count). The second kappa shape index (κ2) is 8.47. The van der Waals surface area contributed by atoms with Crippen LogP contribution in [0, 0.1) is 5.92 Å². The van der Waals surface area contributed by atoms with E-state index >= 15 is 0 Å². The van der Waals surface area contributed by atoms with Crippen LogP contribution in [0.5, 0.6) is 0 Å². The van der Waals surface area contributed by atoms with E-state index < -0.39 is 5.60 Å². The number of likely N-dealkylation sites (tertiary alicyclic amines) is 1. The number of carbonyl (C=O) groups is 1. The zero-order chi connectivity index (χ0) is 25.1. The molecule has 6 heteroatoms. The Bertz CT molecular complexity index is 1100. The van der Waals surface area contributed by atoms with Crippen LogP contribution in [0.25, 0.3) is 10.9 Å². The van der Waals surface area contributed by atoms with Gasteiger partial charge in [0, 0.05) is 40.6 Å². The van der Waals surface area contributed by atoms with E-state index in [4.69, 9.17) is 9.84 Å². The number of aromatic nitrogens is 2. The predicted molar refractivity (Wildman–Crippen MR) is 138 cm³/mol. The van der Waals surface area contributed by atoms with Crippen LogP contribution in [0.2, 0.25) is 0 Å². The van der Waals surface area contributed by atoms with Crippen LogP contribution in [0.15, 0.2) is 24.4 Å². The summed E-state index contributed by atoms with van der Waals surface area (Å²) in [6, 6.07) is 6.78. The molecule has 6 nitrogen and oxygen atoms in total. The molecule has 186 valence electrons. The van der Waals surface area contributed by atoms with E-state index in [0.29, 0.717) is 18.5 Å². The molecular weight excluding hydrogens is 424 g/mol. The van der Waals surface area contributed by atoms with E-state index in [-0.39, 0.29) is 17.2 Å². The number of hydrogen-bond donors (Lipinski definition) is 0.